The van der Waals surface area contributed by atoms with Gasteiger partial charge in [-0.3, -0.25) is 0 Å². The molecule has 1 aliphatic rings. The van der Waals surface area contributed by atoms with E-state index in [0.29, 0.717) is 6.04 Å². The maximum Gasteiger partial charge on any atom is 0.0214 e. The van der Waals surface area contributed by atoms with Gasteiger partial charge < -0.3 is 5.32 Å². The van der Waals surface area contributed by atoms with E-state index in [9.17, 15) is 0 Å². The van der Waals surface area contributed by atoms with Crippen LogP contribution in [-0.4, -0.2) is 17.5 Å². The average Bonchev–Trinajstić information content (AvgIpc) is 2.46. The van der Waals surface area contributed by atoms with Crippen LogP contribution in [0.1, 0.15) is 18.4 Å². The maximum atomic E-state index is 3.72. The first-order chi connectivity index (χ1) is 8.93. The Morgan fingerprint density at radius 2 is 1.78 bits per heavy atom. The average molecular weight is 257 g/mol. The van der Waals surface area contributed by atoms with Crippen LogP contribution in [0.4, 0.5) is 0 Å². The molecule has 1 heterocycles. The molecular weight excluding hydrogens is 238 g/mol. The van der Waals surface area contributed by atoms with Crippen molar-refractivity contribution in [2.75, 3.05) is 11.5 Å². The van der Waals surface area contributed by atoms with E-state index in [1.165, 1.54) is 40.7 Å². The molecule has 0 bridgehead atoms. The Labute approximate surface area is 113 Å². The van der Waals surface area contributed by atoms with Gasteiger partial charge in [0.2, 0.25) is 0 Å². The van der Waals surface area contributed by atoms with Crippen molar-refractivity contribution in [1.29, 1.82) is 0 Å². The molecular formula is C16H19NS. The Balaban J connectivity index is 1.74. The van der Waals surface area contributed by atoms with Gasteiger partial charge in [-0.05, 0) is 40.7 Å². The molecule has 0 radical (unpaired) electrons. The molecule has 0 atom stereocenters. The normalized spacial score (nSPS) is 17.1. The first kappa shape index (κ1) is 12.1. The van der Waals surface area contributed by atoms with Gasteiger partial charge >= 0.3 is 0 Å². The van der Waals surface area contributed by atoms with Gasteiger partial charge in [0.15, 0.2) is 0 Å². The van der Waals surface area contributed by atoms with Crippen molar-refractivity contribution in [3.63, 3.8) is 0 Å². The summed E-state index contributed by atoms with van der Waals surface area (Å²) in [6.07, 6.45) is 2.63. The molecule has 3 rings (SSSR count). The second kappa shape index (κ2) is 5.77. The van der Waals surface area contributed by atoms with Crippen molar-refractivity contribution in [1.82, 2.24) is 5.32 Å². The molecule has 0 saturated carbocycles. The number of fused-ring (bicyclic) bond motifs is 1. The largest absolute Gasteiger partial charge is 0.310 e. The zero-order chi connectivity index (χ0) is 12.2. The SMILES string of the molecule is c1ccc2c(CNC3CCSCC3)cccc2c1. The quantitative estimate of drug-likeness (QED) is 0.897. The molecule has 2 aromatic carbocycles. The van der Waals surface area contributed by atoms with Crippen molar-refractivity contribution in [2.24, 2.45) is 0 Å². The summed E-state index contributed by atoms with van der Waals surface area (Å²) in [7, 11) is 0. The first-order valence-corrected chi connectivity index (χ1v) is 7.87. The lowest BCUT2D eigenvalue weighted by Gasteiger charge is -2.23. The van der Waals surface area contributed by atoms with Gasteiger partial charge in [-0.1, -0.05) is 42.5 Å². The number of hydrogen-bond acceptors (Lipinski definition) is 2. The minimum atomic E-state index is 0.713. The summed E-state index contributed by atoms with van der Waals surface area (Å²) in [6.45, 7) is 0.997. The van der Waals surface area contributed by atoms with Crippen LogP contribution in [0, 0.1) is 0 Å². The van der Waals surface area contributed by atoms with Crippen LogP contribution in [0.2, 0.25) is 0 Å². The fraction of sp³-hybridized carbons (Fsp3) is 0.375. The van der Waals surface area contributed by atoms with E-state index in [1.807, 2.05) is 0 Å². The molecule has 0 spiro atoms. The van der Waals surface area contributed by atoms with Crippen LogP contribution < -0.4 is 5.32 Å². The molecule has 0 unspecified atom stereocenters. The Morgan fingerprint density at radius 3 is 2.67 bits per heavy atom. The highest BCUT2D eigenvalue weighted by atomic mass is 32.2. The van der Waals surface area contributed by atoms with Crippen LogP contribution in [0.15, 0.2) is 42.5 Å². The molecule has 1 saturated heterocycles. The molecule has 94 valence electrons. The van der Waals surface area contributed by atoms with Gasteiger partial charge in [0.25, 0.3) is 0 Å². The smallest absolute Gasteiger partial charge is 0.0214 e. The minimum absolute atomic E-state index is 0.713. The van der Waals surface area contributed by atoms with Crippen LogP contribution in [0.3, 0.4) is 0 Å². The standard InChI is InChI=1S/C16H19NS/c1-2-7-16-13(4-1)5-3-6-14(16)12-17-15-8-10-18-11-9-15/h1-7,15,17H,8-12H2. The number of benzene rings is 2. The third-order valence-electron chi connectivity index (χ3n) is 3.68. The van der Waals surface area contributed by atoms with Gasteiger partial charge in [-0.25, -0.2) is 0 Å². The molecule has 18 heavy (non-hydrogen) atoms. The van der Waals surface area contributed by atoms with Gasteiger partial charge in [0.1, 0.15) is 0 Å². The van der Waals surface area contributed by atoms with Crippen LogP contribution in [-0.2, 0) is 6.54 Å². The highest BCUT2D eigenvalue weighted by Crippen LogP contribution is 2.20. The Morgan fingerprint density at radius 1 is 1.00 bits per heavy atom. The fourth-order valence-electron chi connectivity index (χ4n) is 2.60. The molecule has 1 aliphatic heterocycles. The molecule has 0 aromatic heterocycles. The summed E-state index contributed by atoms with van der Waals surface area (Å²) < 4.78 is 0. The van der Waals surface area contributed by atoms with Gasteiger partial charge in [-0.2, -0.15) is 11.8 Å². The van der Waals surface area contributed by atoms with E-state index < -0.39 is 0 Å². The number of nitrogens with one attached hydrogen (secondary N) is 1. The lowest BCUT2D eigenvalue weighted by atomic mass is 10.0. The maximum absolute atomic E-state index is 3.72. The predicted molar refractivity (Wildman–Crippen MR) is 81.1 cm³/mol. The van der Waals surface area contributed by atoms with Crippen molar-refractivity contribution >= 4 is 22.5 Å². The first-order valence-electron chi connectivity index (χ1n) is 6.71. The van der Waals surface area contributed by atoms with Crippen LogP contribution >= 0.6 is 11.8 Å². The van der Waals surface area contributed by atoms with E-state index in [2.05, 4.69) is 59.5 Å². The molecule has 1 fully saturated rings. The number of hydrogen-bond donors (Lipinski definition) is 1. The summed E-state index contributed by atoms with van der Waals surface area (Å²) in [5.74, 6) is 2.63. The van der Waals surface area contributed by atoms with E-state index in [-0.39, 0.29) is 0 Å². The van der Waals surface area contributed by atoms with E-state index in [4.69, 9.17) is 0 Å². The summed E-state index contributed by atoms with van der Waals surface area (Å²) in [5.41, 5.74) is 1.42. The van der Waals surface area contributed by atoms with Crippen LogP contribution in [0.25, 0.3) is 10.8 Å². The zero-order valence-corrected chi connectivity index (χ0v) is 11.4. The van der Waals surface area contributed by atoms with E-state index in [1.54, 1.807) is 0 Å². The van der Waals surface area contributed by atoms with Gasteiger partial charge in [0, 0.05) is 12.6 Å². The Hall–Kier alpha value is -0.990. The monoisotopic (exact) mass is 257 g/mol. The molecule has 0 amide bonds. The summed E-state index contributed by atoms with van der Waals surface area (Å²) in [6, 6.07) is 16.0. The molecule has 1 N–H and O–H groups in total. The van der Waals surface area contributed by atoms with Crippen molar-refractivity contribution in [3.8, 4) is 0 Å². The fourth-order valence-corrected chi connectivity index (χ4v) is 3.71. The summed E-state index contributed by atoms with van der Waals surface area (Å²) in [4.78, 5) is 0. The predicted octanol–water partition coefficient (Wildman–Crippen LogP) is 3.83. The second-order valence-electron chi connectivity index (χ2n) is 4.91. The topological polar surface area (TPSA) is 12.0 Å². The second-order valence-corrected chi connectivity index (χ2v) is 6.13. The summed E-state index contributed by atoms with van der Waals surface area (Å²) in [5, 5.41) is 6.45. The zero-order valence-electron chi connectivity index (χ0n) is 10.6. The highest BCUT2D eigenvalue weighted by molar-refractivity contribution is 7.99. The molecule has 1 nitrogen and oxygen atoms in total. The Kier molecular flexibility index (Phi) is 3.87. The lowest BCUT2D eigenvalue weighted by Crippen LogP contribution is -2.32. The molecule has 0 aliphatic carbocycles. The van der Waals surface area contributed by atoms with E-state index >= 15 is 0 Å². The number of thioether (sulfide) groups is 1. The van der Waals surface area contributed by atoms with Gasteiger partial charge in [0.05, 0.1) is 0 Å². The van der Waals surface area contributed by atoms with Crippen molar-refractivity contribution in [3.05, 3.63) is 48.0 Å². The lowest BCUT2D eigenvalue weighted by molar-refractivity contribution is 0.483. The van der Waals surface area contributed by atoms with Crippen molar-refractivity contribution < 1.29 is 0 Å². The molecule has 2 heteroatoms. The number of rotatable bonds is 3. The van der Waals surface area contributed by atoms with E-state index in [0.717, 1.165) is 6.54 Å². The Bertz CT molecular complexity index is 512. The minimum Gasteiger partial charge on any atom is -0.310 e. The van der Waals surface area contributed by atoms with Crippen LogP contribution in [0.5, 0.6) is 0 Å². The van der Waals surface area contributed by atoms with Crippen molar-refractivity contribution in [2.45, 2.75) is 25.4 Å². The summed E-state index contributed by atoms with van der Waals surface area (Å²) >= 11 is 2.08. The van der Waals surface area contributed by atoms with Gasteiger partial charge in [-0.15, -0.1) is 0 Å². The third-order valence-corrected chi connectivity index (χ3v) is 4.73. The highest BCUT2D eigenvalue weighted by Gasteiger charge is 2.12. The molecule has 2 aromatic rings. The third kappa shape index (κ3) is 2.70.